The summed E-state index contributed by atoms with van der Waals surface area (Å²) >= 11 is 7.03. The van der Waals surface area contributed by atoms with E-state index in [2.05, 4.69) is 42.5 Å². The molecule has 118 valence electrons. The average molecular weight is 438 g/mol. The highest BCUT2D eigenvalue weighted by molar-refractivity contribution is 9.11. The van der Waals surface area contributed by atoms with Crippen LogP contribution in [-0.2, 0) is 16.0 Å². The van der Waals surface area contributed by atoms with E-state index in [9.17, 15) is 9.59 Å². The molecule has 2 N–H and O–H groups in total. The van der Waals surface area contributed by atoms with E-state index in [1.165, 1.54) is 13.8 Å². The lowest BCUT2D eigenvalue weighted by Gasteiger charge is -2.10. The molecule has 6 heteroatoms. The van der Waals surface area contributed by atoms with Crippen molar-refractivity contribution in [2.75, 3.05) is 10.6 Å². The molecule has 1 aliphatic rings. The number of fused-ring (bicyclic) bond motifs is 3. The summed E-state index contributed by atoms with van der Waals surface area (Å²) in [7, 11) is 0. The van der Waals surface area contributed by atoms with Gasteiger partial charge in [0.1, 0.15) is 0 Å². The van der Waals surface area contributed by atoms with Gasteiger partial charge in [0.25, 0.3) is 0 Å². The van der Waals surface area contributed by atoms with Crippen LogP contribution in [0.15, 0.2) is 33.2 Å². The second-order valence-corrected chi connectivity index (χ2v) is 7.23. The first-order chi connectivity index (χ1) is 10.8. The minimum Gasteiger partial charge on any atom is -0.325 e. The predicted octanol–water partition coefficient (Wildman–Crippen LogP) is 4.70. The van der Waals surface area contributed by atoms with Gasteiger partial charge in [-0.1, -0.05) is 0 Å². The van der Waals surface area contributed by atoms with Gasteiger partial charge in [0, 0.05) is 22.8 Å². The predicted molar refractivity (Wildman–Crippen MR) is 98.7 cm³/mol. The number of hydrogen-bond donors (Lipinski definition) is 2. The zero-order valence-corrected chi connectivity index (χ0v) is 15.8. The van der Waals surface area contributed by atoms with Crippen LogP contribution in [0.5, 0.6) is 0 Å². The molecule has 0 aromatic heterocycles. The fourth-order valence-electron chi connectivity index (χ4n) is 2.81. The van der Waals surface area contributed by atoms with E-state index in [0.29, 0.717) is 0 Å². The maximum absolute atomic E-state index is 11.3. The fraction of sp³-hybridized carbons (Fsp3) is 0.176. The van der Waals surface area contributed by atoms with Crippen molar-refractivity contribution >= 4 is 55.0 Å². The highest BCUT2D eigenvalue weighted by Gasteiger charge is 2.22. The van der Waals surface area contributed by atoms with Gasteiger partial charge in [-0.05, 0) is 84.8 Å². The van der Waals surface area contributed by atoms with Crippen molar-refractivity contribution in [3.63, 3.8) is 0 Å². The van der Waals surface area contributed by atoms with E-state index in [1.54, 1.807) is 0 Å². The van der Waals surface area contributed by atoms with Crippen molar-refractivity contribution in [1.29, 1.82) is 0 Å². The molecule has 23 heavy (non-hydrogen) atoms. The number of benzene rings is 2. The van der Waals surface area contributed by atoms with Crippen molar-refractivity contribution < 1.29 is 9.59 Å². The number of carbonyl (C=O) groups excluding carboxylic acids is 2. The minimum absolute atomic E-state index is 0.100. The van der Waals surface area contributed by atoms with E-state index in [-0.39, 0.29) is 11.8 Å². The monoisotopic (exact) mass is 436 g/mol. The van der Waals surface area contributed by atoms with Gasteiger partial charge in [-0.3, -0.25) is 9.59 Å². The Morgan fingerprint density at radius 3 is 1.57 bits per heavy atom. The second-order valence-electron chi connectivity index (χ2n) is 5.52. The van der Waals surface area contributed by atoms with E-state index < -0.39 is 0 Å². The Morgan fingerprint density at radius 2 is 1.22 bits per heavy atom. The molecule has 2 amide bonds. The Kier molecular flexibility index (Phi) is 4.29. The molecule has 0 unspecified atom stereocenters. The van der Waals surface area contributed by atoms with Gasteiger partial charge in [-0.25, -0.2) is 0 Å². The Morgan fingerprint density at radius 1 is 0.826 bits per heavy atom. The molecule has 1 aliphatic carbocycles. The summed E-state index contributed by atoms with van der Waals surface area (Å²) < 4.78 is 1.70. The van der Waals surface area contributed by atoms with Crippen LogP contribution in [-0.4, -0.2) is 11.8 Å². The molecule has 0 spiro atoms. The van der Waals surface area contributed by atoms with Crippen molar-refractivity contribution in [2.45, 2.75) is 20.3 Å². The normalized spacial score (nSPS) is 11.7. The average Bonchev–Trinajstić information content (AvgIpc) is 2.75. The molecular formula is C17H14Br2N2O2. The standard InChI is InChI=1S/C17H14Br2N2O2/c1-8(22)20-16-4-10-3-11-5-17(21-9(2)23)15(19)7-13(11)12(10)6-14(16)18/h4-7H,3H2,1-2H3,(H,20,22)(H,21,23). The van der Waals surface area contributed by atoms with E-state index >= 15 is 0 Å². The number of hydrogen-bond acceptors (Lipinski definition) is 2. The lowest BCUT2D eigenvalue weighted by Crippen LogP contribution is -2.06. The summed E-state index contributed by atoms with van der Waals surface area (Å²) in [6.45, 7) is 2.98. The summed E-state index contributed by atoms with van der Waals surface area (Å²) in [5.41, 5.74) is 6.11. The third kappa shape index (κ3) is 3.19. The molecule has 0 atom stereocenters. The quantitative estimate of drug-likeness (QED) is 0.610. The van der Waals surface area contributed by atoms with Crippen LogP contribution in [0.2, 0.25) is 0 Å². The van der Waals surface area contributed by atoms with Gasteiger partial charge in [0.2, 0.25) is 11.8 Å². The molecule has 0 saturated carbocycles. The van der Waals surface area contributed by atoms with Gasteiger partial charge < -0.3 is 10.6 Å². The summed E-state index contributed by atoms with van der Waals surface area (Å²) in [6.07, 6.45) is 0.768. The maximum Gasteiger partial charge on any atom is 0.221 e. The van der Waals surface area contributed by atoms with Gasteiger partial charge in [0.05, 0.1) is 11.4 Å². The fourth-order valence-corrected chi connectivity index (χ4v) is 3.69. The zero-order chi connectivity index (χ0) is 16.7. The first-order valence-corrected chi connectivity index (χ1v) is 8.64. The molecule has 0 fully saturated rings. The smallest absolute Gasteiger partial charge is 0.221 e. The van der Waals surface area contributed by atoms with Crippen LogP contribution in [0.4, 0.5) is 11.4 Å². The van der Waals surface area contributed by atoms with Gasteiger partial charge in [-0.15, -0.1) is 0 Å². The number of amides is 2. The van der Waals surface area contributed by atoms with Crippen molar-refractivity contribution in [3.05, 3.63) is 44.3 Å². The van der Waals surface area contributed by atoms with Crippen LogP contribution >= 0.6 is 31.9 Å². The van der Waals surface area contributed by atoms with Crippen LogP contribution in [0.3, 0.4) is 0 Å². The Balaban J connectivity index is 2.05. The second kappa shape index (κ2) is 6.09. The maximum atomic E-state index is 11.3. The first kappa shape index (κ1) is 16.2. The number of halogens is 2. The molecule has 0 saturated heterocycles. The summed E-state index contributed by atoms with van der Waals surface area (Å²) in [5, 5.41) is 5.65. The SMILES string of the molecule is CC(=O)Nc1cc2c(cc1Br)-c1cc(Br)c(NC(C)=O)cc1C2. The van der Waals surface area contributed by atoms with Crippen LogP contribution in [0.25, 0.3) is 11.1 Å². The Labute approximate surface area is 150 Å². The topological polar surface area (TPSA) is 58.2 Å². The number of anilines is 2. The number of rotatable bonds is 2. The molecule has 4 nitrogen and oxygen atoms in total. The Bertz CT molecular complexity index is 777. The summed E-state index contributed by atoms with van der Waals surface area (Å²) in [4.78, 5) is 22.6. The third-order valence-corrected chi connectivity index (χ3v) is 4.99. The molecule has 2 aromatic rings. The molecule has 2 aromatic carbocycles. The highest BCUT2D eigenvalue weighted by atomic mass is 79.9. The zero-order valence-electron chi connectivity index (χ0n) is 12.6. The molecular weight excluding hydrogens is 424 g/mol. The van der Waals surface area contributed by atoms with Crippen molar-refractivity contribution in [3.8, 4) is 11.1 Å². The third-order valence-electron chi connectivity index (χ3n) is 3.68. The molecule has 0 radical (unpaired) electrons. The number of carbonyl (C=O) groups is 2. The Hall–Kier alpha value is -1.66. The summed E-state index contributed by atoms with van der Waals surface area (Å²) in [6, 6.07) is 8.04. The molecule has 0 aliphatic heterocycles. The van der Waals surface area contributed by atoms with Crippen LogP contribution in [0, 0.1) is 0 Å². The summed E-state index contributed by atoms with van der Waals surface area (Å²) in [5.74, 6) is -0.200. The minimum atomic E-state index is -0.100. The lowest BCUT2D eigenvalue weighted by atomic mass is 10.0. The van der Waals surface area contributed by atoms with E-state index in [4.69, 9.17) is 0 Å². The lowest BCUT2D eigenvalue weighted by molar-refractivity contribution is -0.115. The van der Waals surface area contributed by atoms with E-state index in [0.717, 1.165) is 49.0 Å². The van der Waals surface area contributed by atoms with E-state index in [1.807, 2.05) is 24.3 Å². The largest absolute Gasteiger partial charge is 0.325 e. The van der Waals surface area contributed by atoms with Crippen molar-refractivity contribution in [1.82, 2.24) is 0 Å². The van der Waals surface area contributed by atoms with Crippen molar-refractivity contribution in [2.24, 2.45) is 0 Å². The van der Waals surface area contributed by atoms with Crippen LogP contribution in [0.1, 0.15) is 25.0 Å². The molecule has 3 rings (SSSR count). The molecule has 0 bridgehead atoms. The van der Waals surface area contributed by atoms with Gasteiger partial charge >= 0.3 is 0 Å². The van der Waals surface area contributed by atoms with Gasteiger partial charge in [0.15, 0.2) is 0 Å². The highest BCUT2D eigenvalue weighted by Crippen LogP contribution is 2.43. The first-order valence-electron chi connectivity index (χ1n) is 7.05. The number of nitrogens with one attached hydrogen (secondary N) is 2. The van der Waals surface area contributed by atoms with Gasteiger partial charge in [-0.2, -0.15) is 0 Å². The van der Waals surface area contributed by atoms with Crippen LogP contribution < -0.4 is 10.6 Å². The molecule has 0 heterocycles.